The molecule has 2 aromatic carbocycles. The molecule has 2 aromatic rings. The molecule has 7 heteroatoms. The summed E-state index contributed by atoms with van der Waals surface area (Å²) in [5.74, 6) is -1.01. The molecule has 0 amide bonds. The van der Waals surface area contributed by atoms with E-state index < -0.39 is 10.9 Å². The molecule has 0 aromatic heterocycles. The standard InChI is InChI=1S/C14H10ClNO5/c15-10-4-5-13(12(7-10)14(17)18)21-8-9-2-1-3-11(6-9)16(19)20/h1-7H,8H2,(H,17,18). The van der Waals surface area contributed by atoms with Crippen LogP contribution < -0.4 is 4.74 Å². The first kappa shape index (κ1) is 14.8. The van der Waals surface area contributed by atoms with Crippen molar-refractivity contribution in [1.29, 1.82) is 0 Å². The van der Waals surface area contributed by atoms with Gasteiger partial charge in [0.15, 0.2) is 0 Å². The average Bonchev–Trinajstić information content (AvgIpc) is 2.46. The molecule has 21 heavy (non-hydrogen) atoms. The van der Waals surface area contributed by atoms with Gasteiger partial charge in [0.2, 0.25) is 0 Å². The zero-order chi connectivity index (χ0) is 15.4. The summed E-state index contributed by atoms with van der Waals surface area (Å²) in [4.78, 5) is 21.3. The van der Waals surface area contributed by atoms with Gasteiger partial charge in [-0.05, 0) is 23.8 Å². The van der Waals surface area contributed by atoms with Gasteiger partial charge < -0.3 is 9.84 Å². The fraction of sp³-hybridized carbons (Fsp3) is 0.0714. The Bertz CT molecular complexity index is 702. The topological polar surface area (TPSA) is 89.7 Å². The van der Waals surface area contributed by atoms with E-state index in [1.165, 1.54) is 36.4 Å². The lowest BCUT2D eigenvalue weighted by molar-refractivity contribution is -0.384. The summed E-state index contributed by atoms with van der Waals surface area (Å²) in [5, 5.41) is 20.0. The van der Waals surface area contributed by atoms with Gasteiger partial charge in [-0.2, -0.15) is 0 Å². The van der Waals surface area contributed by atoms with Crippen molar-refractivity contribution in [3.05, 3.63) is 68.7 Å². The zero-order valence-electron chi connectivity index (χ0n) is 10.7. The lowest BCUT2D eigenvalue weighted by Gasteiger charge is -2.09. The van der Waals surface area contributed by atoms with Crippen molar-refractivity contribution in [3.8, 4) is 5.75 Å². The Labute approximate surface area is 124 Å². The fourth-order valence-corrected chi connectivity index (χ4v) is 1.89. The second-order valence-corrected chi connectivity index (χ2v) is 4.60. The lowest BCUT2D eigenvalue weighted by atomic mass is 10.2. The van der Waals surface area contributed by atoms with Crippen molar-refractivity contribution in [2.75, 3.05) is 0 Å². The number of non-ortho nitro benzene ring substituents is 1. The number of hydrogen-bond acceptors (Lipinski definition) is 4. The van der Waals surface area contributed by atoms with Gasteiger partial charge in [-0.15, -0.1) is 0 Å². The highest BCUT2D eigenvalue weighted by molar-refractivity contribution is 6.31. The van der Waals surface area contributed by atoms with E-state index in [-0.39, 0.29) is 28.6 Å². The van der Waals surface area contributed by atoms with Gasteiger partial charge >= 0.3 is 5.97 Å². The molecule has 0 aliphatic rings. The van der Waals surface area contributed by atoms with Crippen molar-refractivity contribution in [2.24, 2.45) is 0 Å². The second-order valence-electron chi connectivity index (χ2n) is 4.16. The summed E-state index contributed by atoms with van der Waals surface area (Å²) in [6.07, 6.45) is 0. The van der Waals surface area contributed by atoms with Crippen molar-refractivity contribution in [2.45, 2.75) is 6.61 Å². The Morgan fingerprint density at radius 3 is 2.71 bits per heavy atom. The number of carboxylic acids is 1. The largest absolute Gasteiger partial charge is 0.488 e. The van der Waals surface area contributed by atoms with Gasteiger partial charge in [-0.3, -0.25) is 10.1 Å². The van der Waals surface area contributed by atoms with E-state index >= 15 is 0 Å². The Hall–Kier alpha value is -2.60. The van der Waals surface area contributed by atoms with Crippen molar-refractivity contribution < 1.29 is 19.6 Å². The van der Waals surface area contributed by atoms with Crippen LogP contribution in [-0.4, -0.2) is 16.0 Å². The fourth-order valence-electron chi connectivity index (χ4n) is 1.72. The highest BCUT2D eigenvalue weighted by Gasteiger charge is 2.13. The summed E-state index contributed by atoms with van der Waals surface area (Å²) < 4.78 is 5.41. The van der Waals surface area contributed by atoms with E-state index in [0.717, 1.165) is 0 Å². The molecule has 108 valence electrons. The zero-order valence-corrected chi connectivity index (χ0v) is 11.4. The molecule has 0 aliphatic carbocycles. The Morgan fingerprint density at radius 2 is 2.05 bits per heavy atom. The van der Waals surface area contributed by atoms with Crippen molar-refractivity contribution in [1.82, 2.24) is 0 Å². The van der Waals surface area contributed by atoms with Gasteiger partial charge in [0.25, 0.3) is 5.69 Å². The molecule has 0 saturated heterocycles. The molecule has 0 aliphatic heterocycles. The molecule has 0 bridgehead atoms. The van der Waals surface area contributed by atoms with E-state index in [9.17, 15) is 14.9 Å². The molecule has 0 unspecified atom stereocenters. The minimum atomic E-state index is -1.16. The van der Waals surface area contributed by atoms with Crippen LogP contribution in [0.5, 0.6) is 5.75 Å². The van der Waals surface area contributed by atoms with Crippen molar-refractivity contribution in [3.63, 3.8) is 0 Å². The molecule has 6 nitrogen and oxygen atoms in total. The summed E-state index contributed by atoms with van der Waals surface area (Å²) in [5.41, 5.74) is 0.453. The Balaban J connectivity index is 2.18. The predicted octanol–water partition coefficient (Wildman–Crippen LogP) is 3.53. The van der Waals surface area contributed by atoms with Gasteiger partial charge in [-0.1, -0.05) is 23.7 Å². The first-order chi connectivity index (χ1) is 9.97. The normalized spacial score (nSPS) is 10.1. The van der Waals surface area contributed by atoms with Crippen LogP contribution in [0.15, 0.2) is 42.5 Å². The maximum Gasteiger partial charge on any atom is 0.339 e. The Kier molecular flexibility index (Phi) is 4.39. The monoisotopic (exact) mass is 307 g/mol. The van der Waals surface area contributed by atoms with Crippen LogP contribution >= 0.6 is 11.6 Å². The molecular weight excluding hydrogens is 298 g/mol. The quantitative estimate of drug-likeness (QED) is 0.674. The van der Waals surface area contributed by atoms with Crippen LogP contribution in [0.25, 0.3) is 0 Å². The van der Waals surface area contributed by atoms with Crippen LogP contribution in [0.2, 0.25) is 5.02 Å². The van der Waals surface area contributed by atoms with Crippen molar-refractivity contribution >= 4 is 23.3 Å². The van der Waals surface area contributed by atoms with Crippen LogP contribution in [0, 0.1) is 10.1 Å². The van der Waals surface area contributed by atoms with E-state index in [0.29, 0.717) is 5.56 Å². The number of carbonyl (C=O) groups is 1. The summed E-state index contributed by atoms with van der Waals surface area (Å²) >= 11 is 5.74. The number of rotatable bonds is 5. The number of benzene rings is 2. The maximum absolute atomic E-state index is 11.1. The van der Waals surface area contributed by atoms with E-state index in [1.54, 1.807) is 6.07 Å². The van der Waals surface area contributed by atoms with E-state index in [4.69, 9.17) is 21.4 Å². The predicted molar refractivity (Wildman–Crippen MR) is 75.8 cm³/mol. The molecule has 0 heterocycles. The van der Waals surface area contributed by atoms with Crippen LogP contribution in [0.4, 0.5) is 5.69 Å². The third kappa shape index (κ3) is 3.70. The maximum atomic E-state index is 11.1. The minimum absolute atomic E-state index is 0.0175. The number of carboxylic acid groups (broad SMARTS) is 1. The highest BCUT2D eigenvalue weighted by atomic mass is 35.5. The number of hydrogen-bond donors (Lipinski definition) is 1. The van der Waals surface area contributed by atoms with Crippen LogP contribution in [0.3, 0.4) is 0 Å². The summed E-state index contributed by atoms with van der Waals surface area (Å²) in [6.45, 7) is 0.0175. The Morgan fingerprint density at radius 1 is 1.29 bits per heavy atom. The number of ether oxygens (including phenoxy) is 1. The van der Waals surface area contributed by atoms with E-state index in [2.05, 4.69) is 0 Å². The van der Waals surface area contributed by atoms with Gasteiger partial charge in [0.05, 0.1) is 4.92 Å². The van der Waals surface area contributed by atoms with Gasteiger partial charge in [-0.25, -0.2) is 4.79 Å². The minimum Gasteiger partial charge on any atom is -0.488 e. The first-order valence-corrected chi connectivity index (χ1v) is 6.24. The third-order valence-electron chi connectivity index (χ3n) is 2.69. The summed E-state index contributed by atoms with van der Waals surface area (Å²) in [7, 11) is 0. The molecule has 1 N–H and O–H groups in total. The van der Waals surface area contributed by atoms with Crippen LogP contribution in [-0.2, 0) is 6.61 Å². The molecule has 0 fully saturated rings. The molecule has 0 radical (unpaired) electrons. The second kappa shape index (κ2) is 6.23. The van der Waals surface area contributed by atoms with E-state index in [1.807, 2.05) is 0 Å². The number of nitro benzene ring substituents is 1. The molecule has 0 saturated carbocycles. The third-order valence-corrected chi connectivity index (χ3v) is 2.92. The highest BCUT2D eigenvalue weighted by Crippen LogP contribution is 2.24. The smallest absolute Gasteiger partial charge is 0.339 e. The number of aromatic carboxylic acids is 1. The molecular formula is C14H10ClNO5. The summed E-state index contributed by atoms with van der Waals surface area (Å²) in [6, 6.07) is 10.2. The number of halogens is 1. The SMILES string of the molecule is O=C(O)c1cc(Cl)ccc1OCc1cccc([N+](=O)[O-])c1. The number of nitrogens with zero attached hydrogens (tertiary/aromatic N) is 1. The molecule has 0 spiro atoms. The lowest BCUT2D eigenvalue weighted by Crippen LogP contribution is -2.03. The molecule has 2 rings (SSSR count). The van der Waals surface area contributed by atoms with Gasteiger partial charge in [0, 0.05) is 17.2 Å². The average molecular weight is 308 g/mol. The first-order valence-electron chi connectivity index (χ1n) is 5.86. The number of nitro groups is 1. The van der Waals surface area contributed by atoms with Crippen LogP contribution in [0.1, 0.15) is 15.9 Å². The molecule has 0 atom stereocenters. The van der Waals surface area contributed by atoms with Gasteiger partial charge in [0.1, 0.15) is 17.9 Å².